The van der Waals surface area contributed by atoms with E-state index in [1.807, 2.05) is 0 Å². The number of carbonyl (C=O) groups excluding carboxylic acids is 1. The number of carbonyl (C=O) groups is 1. The number of ketones is 1. The Morgan fingerprint density at radius 3 is 2.88 bits per heavy atom. The molecule has 0 spiro atoms. The second-order valence-electron chi connectivity index (χ2n) is 4.28. The molecule has 0 amide bonds. The van der Waals surface area contributed by atoms with Gasteiger partial charge in [0.1, 0.15) is 11.6 Å². The van der Waals surface area contributed by atoms with Gasteiger partial charge >= 0.3 is 0 Å². The van der Waals surface area contributed by atoms with Crippen LogP contribution in [0.2, 0.25) is 0 Å². The SMILES string of the molecule is CC(=O)c1cc(F)ccc1OCCC1CC1. The van der Waals surface area contributed by atoms with Crippen molar-refractivity contribution in [1.82, 2.24) is 0 Å². The topological polar surface area (TPSA) is 26.3 Å². The summed E-state index contributed by atoms with van der Waals surface area (Å²) in [6, 6.07) is 4.08. The summed E-state index contributed by atoms with van der Waals surface area (Å²) in [6.07, 6.45) is 3.59. The zero-order chi connectivity index (χ0) is 11.5. The molecule has 0 aliphatic heterocycles. The van der Waals surface area contributed by atoms with E-state index in [-0.39, 0.29) is 5.78 Å². The van der Waals surface area contributed by atoms with E-state index in [4.69, 9.17) is 4.74 Å². The molecule has 0 aromatic heterocycles. The van der Waals surface area contributed by atoms with Crippen LogP contribution in [0.5, 0.6) is 5.75 Å². The van der Waals surface area contributed by atoms with Crippen LogP contribution in [-0.2, 0) is 0 Å². The first-order valence-corrected chi connectivity index (χ1v) is 5.60. The zero-order valence-electron chi connectivity index (χ0n) is 9.33. The molecule has 16 heavy (non-hydrogen) atoms. The van der Waals surface area contributed by atoms with Crippen molar-refractivity contribution in [3.8, 4) is 5.75 Å². The van der Waals surface area contributed by atoms with Crippen LogP contribution >= 0.6 is 0 Å². The van der Waals surface area contributed by atoms with Crippen LogP contribution < -0.4 is 4.74 Å². The number of hydrogen-bond acceptors (Lipinski definition) is 2. The third kappa shape index (κ3) is 2.81. The molecule has 1 aliphatic rings. The van der Waals surface area contributed by atoms with Crippen molar-refractivity contribution in [1.29, 1.82) is 0 Å². The predicted octanol–water partition coefficient (Wildman–Crippen LogP) is 3.21. The molecule has 0 bridgehead atoms. The molecule has 2 rings (SSSR count). The fraction of sp³-hybridized carbons (Fsp3) is 0.462. The highest BCUT2D eigenvalue weighted by Crippen LogP contribution is 2.32. The van der Waals surface area contributed by atoms with Gasteiger partial charge in [-0.05, 0) is 37.5 Å². The molecule has 3 heteroatoms. The summed E-state index contributed by atoms with van der Waals surface area (Å²) in [6.45, 7) is 2.03. The van der Waals surface area contributed by atoms with E-state index in [9.17, 15) is 9.18 Å². The van der Waals surface area contributed by atoms with Crippen molar-refractivity contribution in [3.05, 3.63) is 29.6 Å². The molecule has 1 saturated carbocycles. The second-order valence-corrected chi connectivity index (χ2v) is 4.28. The Balaban J connectivity index is 2.02. The first kappa shape index (κ1) is 11.1. The smallest absolute Gasteiger partial charge is 0.163 e. The van der Waals surface area contributed by atoms with Gasteiger partial charge in [0.2, 0.25) is 0 Å². The van der Waals surface area contributed by atoms with Gasteiger partial charge in [0.15, 0.2) is 5.78 Å². The molecule has 1 fully saturated rings. The van der Waals surface area contributed by atoms with Crippen molar-refractivity contribution in [2.75, 3.05) is 6.61 Å². The maximum absolute atomic E-state index is 13.0. The molecule has 1 aromatic carbocycles. The lowest BCUT2D eigenvalue weighted by Crippen LogP contribution is -2.04. The van der Waals surface area contributed by atoms with E-state index in [1.54, 1.807) is 0 Å². The van der Waals surface area contributed by atoms with Gasteiger partial charge in [0.25, 0.3) is 0 Å². The average molecular weight is 222 g/mol. The van der Waals surface area contributed by atoms with Gasteiger partial charge in [-0.2, -0.15) is 0 Å². The van der Waals surface area contributed by atoms with E-state index >= 15 is 0 Å². The van der Waals surface area contributed by atoms with Crippen molar-refractivity contribution in [3.63, 3.8) is 0 Å². The van der Waals surface area contributed by atoms with Crippen molar-refractivity contribution < 1.29 is 13.9 Å². The Hall–Kier alpha value is -1.38. The summed E-state index contributed by atoms with van der Waals surface area (Å²) in [5.74, 6) is 0.719. The lowest BCUT2D eigenvalue weighted by Gasteiger charge is -2.09. The number of benzene rings is 1. The van der Waals surface area contributed by atoms with Crippen LogP contribution in [0.3, 0.4) is 0 Å². The Morgan fingerprint density at radius 1 is 1.50 bits per heavy atom. The molecular formula is C13H15FO2. The summed E-state index contributed by atoms with van der Waals surface area (Å²) < 4.78 is 18.5. The largest absolute Gasteiger partial charge is 0.493 e. The molecule has 1 aromatic rings. The minimum Gasteiger partial charge on any atom is -0.493 e. The van der Waals surface area contributed by atoms with Crippen LogP contribution in [0.4, 0.5) is 4.39 Å². The summed E-state index contributed by atoms with van der Waals surface area (Å²) in [4.78, 5) is 11.3. The lowest BCUT2D eigenvalue weighted by molar-refractivity contribution is 0.101. The average Bonchev–Trinajstić information content (AvgIpc) is 3.04. The van der Waals surface area contributed by atoms with E-state index < -0.39 is 5.82 Å². The molecule has 86 valence electrons. The highest BCUT2D eigenvalue weighted by atomic mass is 19.1. The third-order valence-corrected chi connectivity index (χ3v) is 2.80. The minimum atomic E-state index is -0.403. The molecular weight excluding hydrogens is 207 g/mol. The van der Waals surface area contributed by atoms with Gasteiger partial charge < -0.3 is 4.74 Å². The molecule has 0 heterocycles. The Bertz CT molecular complexity index is 397. The van der Waals surface area contributed by atoms with Crippen LogP contribution in [0.25, 0.3) is 0 Å². The monoisotopic (exact) mass is 222 g/mol. The highest BCUT2D eigenvalue weighted by Gasteiger charge is 2.21. The molecule has 2 nitrogen and oxygen atoms in total. The Labute approximate surface area is 94.4 Å². The predicted molar refractivity (Wildman–Crippen MR) is 59.2 cm³/mol. The Kier molecular flexibility index (Phi) is 3.22. The quantitative estimate of drug-likeness (QED) is 0.715. The molecule has 0 unspecified atom stereocenters. The van der Waals surface area contributed by atoms with Crippen molar-refractivity contribution >= 4 is 5.78 Å². The normalized spacial score (nSPS) is 14.9. The van der Waals surface area contributed by atoms with E-state index in [0.29, 0.717) is 17.9 Å². The van der Waals surface area contributed by atoms with Crippen LogP contribution in [-0.4, -0.2) is 12.4 Å². The number of Topliss-reactive ketones (excluding diaryl/α,β-unsaturated/α-hetero) is 1. The van der Waals surface area contributed by atoms with Gasteiger partial charge in [0, 0.05) is 0 Å². The molecule has 0 N–H and O–H groups in total. The second kappa shape index (κ2) is 4.64. The van der Waals surface area contributed by atoms with Crippen LogP contribution in [0, 0.1) is 11.7 Å². The third-order valence-electron chi connectivity index (χ3n) is 2.80. The summed E-state index contributed by atoms with van der Waals surface area (Å²) >= 11 is 0. The van der Waals surface area contributed by atoms with Gasteiger partial charge in [-0.25, -0.2) is 4.39 Å². The summed E-state index contributed by atoms with van der Waals surface area (Å²) in [5.41, 5.74) is 0.329. The standard InChI is InChI=1S/C13H15FO2/c1-9(15)12-8-11(14)4-5-13(12)16-7-6-10-2-3-10/h4-5,8,10H,2-3,6-7H2,1H3. The Morgan fingerprint density at radius 2 is 2.25 bits per heavy atom. The number of rotatable bonds is 5. The number of hydrogen-bond donors (Lipinski definition) is 0. The van der Waals surface area contributed by atoms with Gasteiger partial charge in [-0.15, -0.1) is 0 Å². The highest BCUT2D eigenvalue weighted by molar-refractivity contribution is 5.96. The molecule has 0 atom stereocenters. The van der Waals surface area contributed by atoms with Crippen molar-refractivity contribution in [2.24, 2.45) is 5.92 Å². The number of halogens is 1. The maximum Gasteiger partial charge on any atom is 0.163 e. The number of ether oxygens (including phenoxy) is 1. The first-order chi connectivity index (χ1) is 7.66. The first-order valence-electron chi connectivity index (χ1n) is 5.60. The summed E-state index contributed by atoms with van der Waals surface area (Å²) in [7, 11) is 0. The van der Waals surface area contributed by atoms with Gasteiger partial charge in [-0.1, -0.05) is 12.8 Å². The van der Waals surface area contributed by atoms with E-state index in [2.05, 4.69) is 0 Å². The fourth-order valence-corrected chi connectivity index (χ4v) is 1.65. The van der Waals surface area contributed by atoms with Crippen LogP contribution in [0.1, 0.15) is 36.5 Å². The maximum atomic E-state index is 13.0. The lowest BCUT2D eigenvalue weighted by atomic mass is 10.1. The van der Waals surface area contributed by atoms with E-state index in [1.165, 1.54) is 38.0 Å². The molecule has 0 radical (unpaired) electrons. The van der Waals surface area contributed by atoms with Crippen molar-refractivity contribution in [2.45, 2.75) is 26.2 Å². The zero-order valence-corrected chi connectivity index (χ0v) is 9.33. The fourth-order valence-electron chi connectivity index (χ4n) is 1.65. The molecule has 1 aliphatic carbocycles. The van der Waals surface area contributed by atoms with Crippen LogP contribution in [0.15, 0.2) is 18.2 Å². The van der Waals surface area contributed by atoms with Gasteiger partial charge in [-0.3, -0.25) is 4.79 Å². The minimum absolute atomic E-state index is 0.166. The molecule has 0 saturated heterocycles. The summed E-state index contributed by atoms with van der Waals surface area (Å²) in [5, 5.41) is 0. The van der Waals surface area contributed by atoms with E-state index in [0.717, 1.165) is 12.3 Å². The van der Waals surface area contributed by atoms with Gasteiger partial charge in [0.05, 0.1) is 12.2 Å².